The lowest BCUT2D eigenvalue weighted by Crippen LogP contribution is -2.77. The highest BCUT2D eigenvalue weighted by molar-refractivity contribution is 8.78. The summed E-state index contributed by atoms with van der Waals surface area (Å²) in [5, 5.41) is 26.1. The van der Waals surface area contributed by atoms with Gasteiger partial charge in [-0.1, -0.05) is 47.2 Å². The van der Waals surface area contributed by atoms with Gasteiger partial charge in [0.1, 0.15) is 19.1 Å². The van der Waals surface area contributed by atoms with Crippen LogP contribution in [0.4, 0.5) is 11.4 Å². The number of rotatable bonds is 4. The van der Waals surface area contributed by atoms with E-state index in [2.05, 4.69) is 10.6 Å². The van der Waals surface area contributed by atoms with Gasteiger partial charge in [-0.15, -0.1) is 0 Å². The first-order valence-corrected chi connectivity index (χ1v) is 19.4. The van der Waals surface area contributed by atoms with Gasteiger partial charge in [-0.2, -0.15) is 0 Å². The van der Waals surface area contributed by atoms with E-state index in [1.54, 1.807) is 16.8 Å². The molecule has 8 atom stereocenters. The third-order valence-electron chi connectivity index (χ3n) is 11.8. The molecule has 1 unspecified atom stereocenters. The molecular weight excluding hydrogens is 685 g/mol. The molecule has 0 radical (unpaired) electrons. The number of carbonyl (C=O) groups excluding carboxylic acids is 4. The minimum atomic E-state index is -1.77. The predicted molar refractivity (Wildman–Crippen MR) is 176 cm³/mol. The van der Waals surface area contributed by atoms with E-state index in [1.807, 2.05) is 48.5 Å². The molecule has 10 aliphatic heterocycles. The minimum absolute atomic E-state index is 0.189. The van der Waals surface area contributed by atoms with E-state index in [-0.39, 0.29) is 30.6 Å². The van der Waals surface area contributed by atoms with Gasteiger partial charge in [0.2, 0.25) is 4.87 Å². The summed E-state index contributed by atoms with van der Waals surface area (Å²) in [7, 11) is 8.02. The Kier molecular flexibility index (Phi) is 5.38. The molecule has 244 valence electrons. The van der Waals surface area contributed by atoms with Crippen LogP contribution >= 0.6 is 43.2 Å². The molecule has 10 heterocycles. The maximum absolute atomic E-state index is 14.8. The molecule has 0 aliphatic carbocycles. The normalized spacial score (nSPS) is 43.1. The Labute approximate surface area is 284 Å². The van der Waals surface area contributed by atoms with Crippen LogP contribution in [-0.4, -0.2) is 113 Å². The number of hydrogen-bond donors (Lipinski definition) is 4. The Morgan fingerprint density at radius 3 is 1.79 bits per heavy atom. The summed E-state index contributed by atoms with van der Waals surface area (Å²) >= 11 is 0. The molecule has 10 aliphatic rings. The summed E-state index contributed by atoms with van der Waals surface area (Å²) in [4.78, 5) is 60.4. The third kappa shape index (κ3) is 2.69. The highest BCUT2D eigenvalue weighted by Crippen LogP contribution is 2.78. The molecule has 12 rings (SSSR count). The molecule has 4 amide bonds. The Balaban J connectivity index is 1.28. The topological polar surface area (TPSA) is 155 Å². The van der Waals surface area contributed by atoms with Crippen LogP contribution in [-0.2, 0) is 34.7 Å². The van der Waals surface area contributed by atoms with Crippen LogP contribution in [0.25, 0.3) is 0 Å². The van der Waals surface area contributed by atoms with E-state index < -0.39 is 62.1 Å². The second-order valence-electron chi connectivity index (χ2n) is 13.3. The van der Waals surface area contributed by atoms with Gasteiger partial charge in [0.15, 0.2) is 9.74 Å². The summed E-state index contributed by atoms with van der Waals surface area (Å²) in [6.45, 7) is -1.31. The van der Waals surface area contributed by atoms with Gasteiger partial charge < -0.3 is 30.5 Å². The lowest BCUT2D eigenvalue weighted by atomic mass is 9.54. The van der Waals surface area contributed by atoms with Gasteiger partial charge in [-0.25, -0.2) is 0 Å². The number of ether oxygens (including phenoxy) is 1. The average Bonchev–Trinajstić information content (AvgIpc) is 3.76. The smallest absolute Gasteiger partial charge is 0.291 e. The van der Waals surface area contributed by atoms with E-state index in [0.717, 1.165) is 33.3 Å². The van der Waals surface area contributed by atoms with Crippen molar-refractivity contribution in [1.29, 1.82) is 0 Å². The second kappa shape index (κ2) is 8.67. The monoisotopic (exact) mass is 712 g/mol. The first-order chi connectivity index (χ1) is 22.6. The van der Waals surface area contributed by atoms with E-state index in [0.29, 0.717) is 0 Å². The quantitative estimate of drug-likeness (QED) is 0.266. The molecule has 17 heteroatoms. The van der Waals surface area contributed by atoms with Gasteiger partial charge in [-0.05, 0) is 55.6 Å². The third-order valence-corrected chi connectivity index (χ3v) is 18.9. The molecule has 8 fully saturated rings. The van der Waals surface area contributed by atoms with Crippen LogP contribution in [0.1, 0.15) is 24.0 Å². The molecule has 4 N–H and O–H groups in total. The van der Waals surface area contributed by atoms with Crippen molar-refractivity contribution >= 4 is 78.2 Å². The number of piperazine rings is 2. The highest BCUT2D eigenvalue weighted by atomic mass is 33.1. The molecule has 0 aromatic heterocycles. The maximum atomic E-state index is 14.8. The number of likely N-dealkylation sites (N-methyl/N-ethyl adjacent to an activating group) is 2. The number of benzene rings is 2. The van der Waals surface area contributed by atoms with E-state index in [1.165, 1.54) is 49.2 Å². The Hall–Kier alpha value is -2.80. The number of hydrogen-bond acceptors (Lipinski definition) is 13. The average molecular weight is 713 g/mol. The van der Waals surface area contributed by atoms with Crippen molar-refractivity contribution in [2.24, 2.45) is 0 Å². The minimum Gasteiger partial charge on any atom is -0.392 e. The fourth-order valence-corrected chi connectivity index (χ4v) is 17.1. The number of nitrogens with one attached hydrogen (secondary N) is 2. The van der Waals surface area contributed by atoms with Crippen LogP contribution in [0.2, 0.25) is 0 Å². The van der Waals surface area contributed by atoms with Gasteiger partial charge in [-0.3, -0.25) is 33.9 Å². The number of carbonyl (C=O) groups is 4. The van der Waals surface area contributed by atoms with Gasteiger partial charge in [0.25, 0.3) is 28.7 Å². The fraction of sp³-hybridized carbons (Fsp3) is 0.467. The van der Waals surface area contributed by atoms with Crippen molar-refractivity contribution in [2.45, 2.75) is 55.7 Å². The zero-order valence-electron chi connectivity index (χ0n) is 25.0. The molecule has 2 spiro atoms. The van der Waals surface area contributed by atoms with Gasteiger partial charge in [0, 0.05) is 38.3 Å². The number of fused-ring (bicyclic) bond motifs is 11. The van der Waals surface area contributed by atoms with Gasteiger partial charge in [0.05, 0.1) is 17.4 Å². The maximum Gasteiger partial charge on any atom is 0.291 e. The summed E-state index contributed by atoms with van der Waals surface area (Å²) in [6, 6.07) is 15.7. The zero-order chi connectivity index (χ0) is 32.5. The number of aliphatic hydroxyl groups excluding tert-OH is 2. The lowest BCUT2D eigenvalue weighted by Gasteiger charge is -2.57. The van der Waals surface area contributed by atoms with Crippen LogP contribution in [0.3, 0.4) is 0 Å². The van der Waals surface area contributed by atoms with Crippen molar-refractivity contribution in [3.8, 4) is 0 Å². The van der Waals surface area contributed by atoms with Crippen LogP contribution in [0, 0.1) is 0 Å². The predicted octanol–water partition coefficient (Wildman–Crippen LogP) is 1.27. The molecule has 8 saturated heterocycles. The molecule has 2 aromatic rings. The van der Waals surface area contributed by atoms with Crippen molar-refractivity contribution < 1.29 is 34.1 Å². The van der Waals surface area contributed by atoms with E-state index in [9.17, 15) is 29.4 Å². The highest BCUT2D eigenvalue weighted by Gasteiger charge is 2.88. The SMILES string of the molecule is CN1C(=O)[C@@]23C[C@]4(C56C[C@@]78SS[C@](OCO)(C(=O)N7[C@H]5Nc5ccccc56)N(C)C8=O)c5ccccc5N[C@@H]4N2C(=O)[C@@]1(CO)SS3. The Morgan fingerprint density at radius 1 is 0.723 bits per heavy atom. The lowest BCUT2D eigenvalue weighted by molar-refractivity contribution is -0.200. The van der Waals surface area contributed by atoms with Crippen LogP contribution < -0.4 is 10.6 Å². The van der Waals surface area contributed by atoms with Crippen LogP contribution in [0.15, 0.2) is 48.5 Å². The number of amides is 4. The molecule has 2 aromatic carbocycles. The van der Waals surface area contributed by atoms with Crippen molar-refractivity contribution in [2.75, 3.05) is 38.1 Å². The molecule has 47 heavy (non-hydrogen) atoms. The van der Waals surface area contributed by atoms with Crippen molar-refractivity contribution in [1.82, 2.24) is 19.6 Å². The fourth-order valence-electron chi connectivity index (χ4n) is 9.91. The van der Waals surface area contributed by atoms with Crippen LogP contribution in [0.5, 0.6) is 0 Å². The molecule has 0 saturated carbocycles. The Bertz CT molecular complexity index is 1890. The number of anilines is 2. The second-order valence-corrected chi connectivity index (χ2v) is 18.5. The Morgan fingerprint density at radius 2 is 1.23 bits per heavy atom. The van der Waals surface area contributed by atoms with Crippen molar-refractivity contribution in [3.05, 3.63) is 59.7 Å². The summed E-state index contributed by atoms with van der Waals surface area (Å²) in [6.07, 6.45) is -1.14. The molecule has 4 bridgehead atoms. The number of aliphatic hydroxyl groups is 2. The first-order valence-electron chi connectivity index (χ1n) is 15.1. The molecule has 13 nitrogen and oxygen atoms in total. The number of nitrogens with zero attached hydrogens (tertiary/aromatic N) is 4. The standard InChI is InChI=1S/C30H28N6O7S4/c1-33-21(39)27-11-25(15-7-3-5-9-17(15)31-19(25)35(27)23(41)29(33,13-37)46-44-27)26-12-28-22(40)34(2)30(43-14-38,47-45-28)24(42)36(28)20(26)32-18-10-6-4-8-16(18)26/h3-10,19-20,31-32,37-38H,11-14H2,1-2H3/t19-,20-,25+,26?,27+,28+,29-,30-/m1/s1. The zero-order valence-corrected chi connectivity index (χ0v) is 28.2. The van der Waals surface area contributed by atoms with Crippen molar-refractivity contribution in [3.63, 3.8) is 0 Å². The van der Waals surface area contributed by atoms with Gasteiger partial charge >= 0.3 is 0 Å². The van der Waals surface area contributed by atoms with E-state index in [4.69, 9.17) is 4.74 Å². The summed E-state index contributed by atoms with van der Waals surface area (Å²) in [5.74, 6) is -1.40. The molecular formula is C30H28N6O7S4. The first kappa shape index (κ1) is 29.1. The number of para-hydroxylation sites is 2. The summed E-state index contributed by atoms with van der Waals surface area (Å²) in [5.41, 5.74) is 1.30. The largest absolute Gasteiger partial charge is 0.392 e. The summed E-state index contributed by atoms with van der Waals surface area (Å²) < 4.78 is 5.70. The van der Waals surface area contributed by atoms with E-state index >= 15 is 0 Å².